The molecular formula is C21H11Cl2F3N6O2. The van der Waals surface area contributed by atoms with Gasteiger partial charge in [-0.1, -0.05) is 28.9 Å². The number of carbonyl (C=O) groups excluding carboxylic acids is 2. The van der Waals surface area contributed by atoms with E-state index >= 15 is 0 Å². The van der Waals surface area contributed by atoms with E-state index in [1.165, 1.54) is 36.8 Å². The number of amides is 2. The summed E-state index contributed by atoms with van der Waals surface area (Å²) in [6.45, 7) is 0. The van der Waals surface area contributed by atoms with Gasteiger partial charge in [-0.15, -0.1) is 0 Å². The van der Waals surface area contributed by atoms with Crippen molar-refractivity contribution in [3.8, 4) is 0 Å². The largest absolute Gasteiger partial charge is 0.423 e. The number of aromatic nitrogens is 3. The molecule has 3 heterocycles. The predicted octanol–water partition coefficient (Wildman–Crippen LogP) is 4.37. The van der Waals surface area contributed by atoms with Gasteiger partial charge in [-0.3, -0.25) is 24.5 Å². The third-order valence-electron chi connectivity index (χ3n) is 4.60. The lowest BCUT2D eigenvalue weighted by atomic mass is 10.1. The van der Waals surface area contributed by atoms with Gasteiger partial charge in [0.1, 0.15) is 16.8 Å². The number of anilines is 2. The van der Waals surface area contributed by atoms with E-state index in [0.717, 1.165) is 11.1 Å². The summed E-state index contributed by atoms with van der Waals surface area (Å²) in [4.78, 5) is 38.4. The molecule has 1 aliphatic rings. The fraction of sp³-hybridized carbons (Fsp3) is 0.0476. The lowest BCUT2D eigenvalue weighted by molar-refractivity contribution is -0.112. The third kappa shape index (κ3) is 4.32. The van der Waals surface area contributed by atoms with Crippen LogP contribution in [0.25, 0.3) is 11.0 Å². The minimum absolute atomic E-state index is 0.0232. The van der Waals surface area contributed by atoms with Gasteiger partial charge in [0.05, 0.1) is 33.0 Å². The first-order chi connectivity index (χ1) is 16.1. The summed E-state index contributed by atoms with van der Waals surface area (Å²) < 4.78 is 40.1. The Balaban J connectivity index is 1.83. The molecule has 0 saturated carbocycles. The first kappa shape index (κ1) is 23.2. The molecule has 1 aliphatic heterocycles. The van der Waals surface area contributed by atoms with Crippen LogP contribution in [-0.2, 0) is 4.79 Å². The highest BCUT2D eigenvalue weighted by Gasteiger charge is 2.36. The van der Waals surface area contributed by atoms with Gasteiger partial charge in [-0.25, -0.2) is 4.98 Å². The summed E-state index contributed by atoms with van der Waals surface area (Å²) in [5, 5.41) is 2.25. The molecule has 0 spiro atoms. The van der Waals surface area contributed by atoms with E-state index in [9.17, 15) is 22.8 Å². The molecule has 8 nitrogen and oxygen atoms in total. The van der Waals surface area contributed by atoms with Crippen molar-refractivity contribution in [2.24, 2.45) is 5.73 Å². The van der Waals surface area contributed by atoms with Crippen molar-refractivity contribution < 1.29 is 22.8 Å². The van der Waals surface area contributed by atoms with E-state index in [1.54, 1.807) is 0 Å². The van der Waals surface area contributed by atoms with Crippen LogP contribution in [0, 0.1) is 0 Å². The molecule has 2 aromatic heterocycles. The summed E-state index contributed by atoms with van der Waals surface area (Å²) in [5.41, 5.74) is 5.67. The molecule has 34 heavy (non-hydrogen) atoms. The Morgan fingerprint density at radius 2 is 1.85 bits per heavy atom. The maximum atomic E-state index is 13.4. The number of allylic oxidation sites excluding steroid dienone is 2. The number of alkyl halides is 3. The van der Waals surface area contributed by atoms with Gasteiger partial charge in [0.25, 0.3) is 11.8 Å². The molecule has 3 aromatic rings. The number of pyridine rings is 1. The second-order valence-electron chi connectivity index (χ2n) is 6.75. The average Bonchev–Trinajstić information content (AvgIpc) is 2.80. The normalized spacial score (nSPS) is 13.5. The van der Waals surface area contributed by atoms with Gasteiger partial charge >= 0.3 is 6.18 Å². The number of fused-ring (bicyclic) bond motifs is 1. The Hall–Kier alpha value is -3.92. The fourth-order valence-corrected chi connectivity index (χ4v) is 3.59. The number of nitrogens with one attached hydrogen (secondary N) is 1. The summed E-state index contributed by atoms with van der Waals surface area (Å²) >= 11 is 12.5. The molecule has 2 amide bonds. The topological polar surface area (TPSA) is 114 Å². The van der Waals surface area contributed by atoms with Crippen molar-refractivity contribution in [3.05, 3.63) is 81.7 Å². The monoisotopic (exact) mass is 506 g/mol. The second-order valence-corrected chi connectivity index (χ2v) is 7.53. The van der Waals surface area contributed by atoms with Crippen molar-refractivity contribution in [2.75, 3.05) is 10.2 Å². The molecule has 0 aliphatic carbocycles. The SMILES string of the molecule is NC(=O)c1cc2nccnc2c(Cl)c1NC(=O)C1=CC(C(F)(F)F)=C=CN1c1ncccc1Cl. The highest BCUT2D eigenvalue weighted by molar-refractivity contribution is 6.39. The number of nitrogens with two attached hydrogens (primary N) is 1. The molecule has 0 radical (unpaired) electrons. The molecule has 0 fully saturated rings. The van der Waals surface area contributed by atoms with Gasteiger partial charge < -0.3 is 11.1 Å². The Morgan fingerprint density at radius 1 is 1.12 bits per heavy atom. The van der Waals surface area contributed by atoms with Crippen molar-refractivity contribution in [1.29, 1.82) is 0 Å². The van der Waals surface area contributed by atoms with Crippen molar-refractivity contribution in [3.63, 3.8) is 0 Å². The van der Waals surface area contributed by atoms with E-state index in [1.807, 2.05) is 0 Å². The van der Waals surface area contributed by atoms with Crippen LogP contribution >= 0.6 is 23.2 Å². The summed E-state index contributed by atoms with van der Waals surface area (Å²) in [5.74, 6) is -2.04. The highest BCUT2D eigenvalue weighted by atomic mass is 35.5. The Morgan fingerprint density at radius 3 is 2.53 bits per heavy atom. The summed E-state index contributed by atoms with van der Waals surface area (Å²) in [7, 11) is 0. The van der Waals surface area contributed by atoms with E-state index < -0.39 is 29.3 Å². The average molecular weight is 507 g/mol. The van der Waals surface area contributed by atoms with Crippen molar-refractivity contribution in [1.82, 2.24) is 15.0 Å². The second kappa shape index (κ2) is 8.79. The number of primary amides is 1. The van der Waals surface area contributed by atoms with Crippen LogP contribution in [0.4, 0.5) is 24.7 Å². The number of hydrogen-bond acceptors (Lipinski definition) is 6. The summed E-state index contributed by atoms with van der Waals surface area (Å²) in [6.07, 6.45) is 0.700. The summed E-state index contributed by atoms with van der Waals surface area (Å²) in [6, 6.07) is 4.21. The lowest BCUT2D eigenvalue weighted by Crippen LogP contribution is -2.31. The maximum absolute atomic E-state index is 13.4. The molecule has 3 N–H and O–H groups in total. The Kier molecular flexibility index (Phi) is 6.01. The van der Waals surface area contributed by atoms with Crippen LogP contribution in [0.5, 0.6) is 0 Å². The third-order valence-corrected chi connectivity index (χ3v) is 5.27. The van der Waals surface area contributed by atoms with Crippen molar-refractivity contribution >= 4 is 57.6 Å². The van der Waals surface area contributed by atoms with Gasteiger partial charge in [0.15, 0.2) is 5.82 Å². The molecular weight excluding hydrogens is 496 g/mol. The number of carbonyl (C=O) groups is 2. The standard InChI is InChI=1S/C21H11Cl2F3N6O2/c22-12-2-1-4-30-19(12)32-7-3-10(21(24,25)26)8-14(32)20(34)31-16-11(18(27)33)9-13-17(15(16)23)29-6-5-28-13/h1-2,4-9H,(H2,27,33)(H,31,34). The Bertz CT molecular complexity index is 1450. The molecule has 0 saturated heterocycles. The molecule has 1 aromatic carbocycles. The van der Waals surface area contributed by atoms with Crippen LogP contribution in [0.15, 0.2) is 66.1 Å². The predicted molar refractivity (Wildman–Crippen MR) is 119 cm³/mol. The van der Waals surface area contributed by atoms with E-state index in [4.69, 9.17) is 28.9 Å². The molecule has 0 atom stereocenters. The smallest absolute Gasteiger partial charge is 0.366 e. The minimum atomic E-state index is -4.80. The molecule has 13 heteroatoms. The first-order valence-corrected chi connectivity index (χ1v) is 10.0. The van der Waals surface area contributed by atoms with E-state index in [2.05, 4.69) is 26.0 Å². The maximum Gasteiger partial charge on any atom is 0.423 e. The number of halogens is 5. The molecule has 0 unspecified atom stereocenters. The number of nitrogens with zero attached hydrogens (tertiary/aromatic N) is 4. The van der Waals surface area contributed by atoms with Crippen LogP contribution < -0.4 is 16.0 Å². The zero-order valence-electron chi connectivity index (χ0n) is 16.7. The quantitative estimate of drug-likeness (QED) is 0.507. The zero-order valence-corrected chi connectivity index (χ0v) is 18.2. The minimum Gasteiger partial charge on any atom is -0.366 e. The van der Waals surface area contributed by atoms with Crippen LogP contribution in [0.3, 0.4) is 0 Å². The molecule has 172 valence electrons. The molecule has 0 bridgehead atoms. The number of benzene rings is 1. The van der Waals surface area contributed by atoms with Gasteiger partial charge in [0, 0.05) is 18.6 Å². The fourth-order valence-electron chi connectivity index (χ4n) is 3.08. The lowest BCUT2D eigenvalue weighted by Gasteiger charge is -2.25. The highest BCUT2D eigenvalue weighted by Crippen LogP contribution is 2.36. The molecule has 4 rings (SSSR count). The number of rotatable bonds is 4. The van der Waals surface area contributed by atoms with Crippen LogP contribution in [0.2, 0.25) is 10.0 Å². The van der Waals surface area contributed by atoms with Gasteiger partial charge in [-0.2, -0.15) is 13.2 Å². The first-order valence-electron chi connectivity index (χ1n) is 9.27. The van der Waals surface area contributed by atoms with Gasteiger partial charge in [-0.05, 0) is 24.3 Å². The van der Waals surface area contributed by atoms with Crippen LogP contribution in [0.1, 0.15) is 10.4 Å². The Labute approximate surface area is 199 Å². The van der Waals surface area contributed by atoms with Gasteiger partial charge in [0.2, 0.25) is 0 Å². The van der Waals surface area contributed by atoms with Crippen molar-refractivity contribution in [2.45, 2.75) is 6.18 Å². The van der Waals surface area contributed by atoms with E-state index in [-0.39, 0.29) is 38.1 Å². The zero-order chi connectivity index (χ0) is 24.6. The number of hydrogen-bond donors (Lipinski definition) is 2. The van der Waals surface area contributed by atoms with E-state index in [0.29, 0.717) is 6.08 Å². The van der Waals surface area contributed by atoms with Crippen LogP contribution in [-0.4, -0.2) is 32.9 Å².